The topological polar surface area (TPSA) is 49.3 Å². The molecule has 9 heteroatoms. The van der Waals surface area contributed by atoms with E-state index in [0.717, 1.165) is 12.4 Å². The molecule has 0 spiro atoms. The van der Waals surface area contributed by atoms with Crippen molar-refractivity contribution in [1.29, 1.82) is 0 Å². The molecule has 0 aliphatic carbocycles. The molecule has 0 radical (unpaired) electrons. The average Bonchev–Trinajstić information content (AvgIpc) is 2.37. The third-order valence-electron chi connectivity index (χ3n) is 3.10. The first-order valence-electron chi connectivity index (χ1n) is 5.89. The Balaban J connectivity index is 2.08. The second kappa shape index (κ2) is 5.43. The van der Waals surface area contributed by atoms with Crippen molar-refractivity contribution in [3.8, 4) is 0 Å². The van der Waals surface area contributed by atoms with Crippen LogP contribution in [0.4, 0.5) is 23.9 Å². The van der Waals surface area contributed by atoms with E-state index in [2.05, 4.69) is 9.97 Å². The van der Waals surface area contributed by atoms with E-state index in [-0.39, 0.29) is 12.0 Å². The molecule has 5 nitrogen and oxygen atoms in total. The predicted octanol–water partition coefficient (Wildman–Crippen LogP) is 2.36. The van der Waals surface area contributed by atoms with Gasteiger partial charge in [-0.2, -0.15) is 13.2 Å². The monoisotopic (exact) mass is 308 g/mol. The van der Waals surface area contributed by atoms with Gasteiger partial charge < -0.3 is 9.80 Å². The molecule has 1 atom stereocenters. The molecular weight excluding hydrogens is 297 g/mol. The molecule has 0 saturated carbocycles. The summed E-state index contributed by atoms with van der Waals surface area (Å²) in [7, 11) is 0. The van der Waals surface area contributed by atoms with E-state index in [9.17, 15) is 18.0 Å². The highest BCUT2D eigenvalue weighted by molar-refractivity contribution is 6.62. The fourth-order valence-corrected chi connectivity index (χ4v) is 2.28. The van der Waals surface area contributed by atoms with E-state index in [1.54, 1.807) is 11.8 Å². The maximum Gasteiger partial charge on any atom is 0.419 e. The molecule has 20 heavy (non-hydrogen) atoms. The summed E-state index contributed by atoms with van der Waals surface area (Å²) in [5, 5.41) is -0.537. The smallest absolute Gasteiger partial charge is 0.337 e. The van der Waals surface area contributed by atoms with E-state index >= 15 is 0 Å². The number of halogens is 4. The summed E-state index contributed by atoms with van der Waals surface area (Å²) in [6.07, 6.45) is -2.94. The Labute approximate surface area is 118 Å². The Morgan fingerprint density at radius 1 is 1.35 bits per heavy atom. The van der Waals surface area contributed by atoms with Gasteiger partial charge in [-0.25, -0.2) is 9.97 Å². The number of hydrogen-bond acceptors (Lipinski definition) is 4. The second-order valence-corrected chi connectivity index (χ2v) is 4.83. The zero-order chi connectivity index (χ0) is 14.9. The zero-order valence-corrected chi connectivity index (χ0v) is 11.3. The van der Waals surface area contributed by atoms with Crippen LogP contribution in [0.2, 0.25) is 0 Å². The largest absolute Gasteiger partial charge is 0.419 e. The fraction of sp³-hybridized carbons (Fsp3) is 0.545. The van der Waals surface area contributed by atoms with E-state index in [1.165, 1.54) is 4.90 Å². The lowest BCUT2D eigenvalue weighted by Gasteiger charge is -2.38. The summed E-state index contributed by atoms with van der Waals surface area (Å²) >= 11 is 5.43. The van der Waals surface area contributed by atoms with Crippen LogP contribution in [-0.2, 0) is 6.18 Å². The van der Waals surface area contributed by atoms with Gasteiger partial charge in [-0.3, -0.25) is 4.79 Å². The number of anilines is 1. The molecule has 1 fully saturated rings. The highest BCUT2D eigenvalue weighted by atomic mass is 35.5. The standard InChI is InChI=1S/C11H12ClF3N4O/c1-7-6-18(2-3-19(7)9(12)20)10-16-4-8(5-17-10)11(13,14)15/h4-5,7H,2-3,6H2,1H3/t7-/m1/s1. The van der Waals surface area contributed by atoms with Gasteiger partial charge in [-0.15, -0.1) is 0 Å². The lowest BCUT2D eigenvalue weighted by molar-refractivity contribution is -0.138. The number of carbonyl (C=O) groups is 1. The molecule has 0 N–H and O–H groups in total. The van der Waals surface area contributed by atoms with E-state index < -0.39 is 17.1 Å². The highest BCUT2D eigenvalue weighted by Gasteiger charge is 2.32. The van der Waals surface area contributed by atoms with Crippen LogP contribution in [-0.4, -0.2) is 45.9 Å². The molecule has 2 heterocycles. The third-order valence-corrected chi connectivity index (χ3v) is 3.32. The quantitative estimate of drug-likeness (QED) is 0.590. The molecule has 1 aromatic rings. The number of nitrogens with zero attached hydrogens (tertiary/aromatic N) is 4. The van der Waals surface area contributed by atoms with E-state index in [0.29, 0.717) is 19.6 Å². The summed E-state index contributed by atoms with van der Waals surface area (Å²) in [6.45, 7) is 3.03. The predicted molar refractivity (Wildman–Crippen MR) is 66.7 cm³/mol. The Bertz CT molecular complexity index is 493. The minimum Gasteiger partial charge on any atom is -0.337 e. The molecule has 2 rings (SSSR count). The number of amides is 1. The normalized spacial score (nSPS) is 20.1. The van der Waals surface area contributed by atoms with Crippen molar-refractivity contribution in [3.63, 3.8) is 0 Å². The lowest BCUT2D eigenvalue weighted by Crippen LogP contribution is -2.53. The summed E-state index contributed by atoms with van der Waals surface area (Å²) in [5.41, 5.74) is -0.885. The van der Waals surface area contributed by atoms with Gasteiger partial charge in [-0.1, -0.05) is 0 Å². The summed E-state index contributed by atoms with van der Waals surface area (Å²) in [5.74, 6) is 0.214. The molecule has 1 aliphatic rings. The number of aromatic nitrogens is 2. The van der Waals surface area contributed by atoms with Gasteiger partial charge in [0.25, 0.3) is 0 Å². The summed E-state index contributed by atoms with van der Waals surface area (Å²) < 4.78 is 37.2. The van der Waals surface area contributed by atoms with Crippen LogP contribution in [0.1, 0.15) is 12.5 Å². The minimum atomic E-state index is -4.45. The van der Waals surface area contributed by atoms with Gasteiger partial charge in [0.15, 0.2) is 0 Å². The van der Waals surface area contributed by atoms with Crippen molar-refractivity contribution in [3.05, 3.63) is 18.0 Å². The van der Waals surface area contributed by atoms with Gasteiger partial charge in [0.1, 0.15) is 0 Å². The molecule has 1 aliphatic heterocycles. The molecule has 0 aromatic carbocycles. The summed E-state index contributed by atoms with van der Waals surface area (Å²) in [4.78, 5) is 21.8. The number of alkyl halides is 3. The van der Waals surface area contributed by atoms with Crippen LogP contribution in [0, 0.1) is 0 Å². The lowest BCUT2D eigenvalue weighted by atomic mass is 10.2. The SMILES string of the molecule is C[C@@H]1CN(c2ncc(C(F)(F)F)cn2)CCN1C(=O)Cl. The number of carbonyl (C=O) groups excluding carboxylic acids is 1. The van der Waals surface area contributed by atoms with Crippen LogP contribution in [0.25, 0.3) is 0 Å². The van der Waals surface area contributed by atoms with Crippen LogP contribution in [0.5, 0.6) is 0 Å². The Morgan fingerprint density at radius 3 is 2.40 bits per heavy atom. The average molecular weight is 309 g/mol. The van der Waals surface area contributed by atoms with Gasteiger partial charge >= 0.3 is 11.5 Å². The van der Waals surface area contributed by atoms with Gasteiger partial charge in [0.2, 0.25) is 5.95 Å². The van der Waals surface area contributed by atoms with Crippen molar-refractivity contribution in [2.75, 3.05) is 24.5 Å². The fourth-order valence-electron chi connectivity index (χ4n) is 2.03. The van der Waals surface area contributed by atoms with E-state index in [1.807, 2.05) is 0 Å². The van der Waals surface area contributed by atoms with Crippen molar-refractivity contribution < 1.29 is 18.0 Å². The van der Waals surface area contributed by atoms with Gasteiger partial charge in [0.05, 0.1) is 5.56 Å². The van der Waals surface area contributed by atoms with Crippen LogP contribution >= 0.6 is 11.6 Å². The maximum absolute atomic E-state index is 12.4. The van der Waals surface area contributed by atoms with E-state index in [4.69, 9.17) is 11.6 Å². The Morgan fingerprint density at radius 2 is 1.95 bits per heavy atom. The first-order valence-corrected chi connectivity index (χ1v) is 6.27. The third kappa shape index (κ3) is 3.12. The number of rotatable bonds is 1. The minimum absolute atomic E-state index is 0.153. The molecule has 110 valence electrons. The molecular formula is C11H12ClF3N4O. The van der Waals surface area contributed by atoms with Gasteiger partial charge in [-0.05, 0) is 18.5 Å². The summed E-state index contributed by atoms with van der Waals surface area (Å²) in [6, 6.07) is -0.153. The maximum atomic E-state index is 12.4. The number of piperazine rings is 1. The molecule has 1 amide bonds. The number of hydrogen-bond donors (Lipinski definition) is 0. The Kier molecular flexibility index (Phi) is 4.03. The first kappa shape index (κ1) is 14.8. The van der Waals surface area contributed by atoms with Crippen molar-refractivity contribution in [2.24, 2.45) is 0 Å². The van der Waals surface area contributed by atoms with Crippen LogP contribution in [0.3, 0.4) is 0 Å². The van der Waals surface area contributed by atoms with Gasteiger partial charge in [0, 0.05) is 38.1 Å². The van der Waals surface area contributed by atoms with Crippen molar-refractivity contribution in [2.45, 2.75) is 19.1 Å². The second-order valence-electron chi connectivity index (χ2n) is 4.51. The zero-order valence-electron chi connectivity index (χ0n) is 10.6. The molecule has 1 aromatic heterocycles. The molecule has 0 unspecified atom stereocenters. The molecule has 0 bridgehead atoms. The molecule has 1 saturated heterocycles. The Hall–Kier alpha value is -1.57. The first-order chi connectivity index (χ1) is 9.29. The van der Waals surface area contributed by atoms with Crippen molar-refractivity contribution >= 4 is 22.9 Å². The van der Waals surface area contributed by atoms with Crippen molar-refractivity contribution in [1.82, 2.24) is 14.9 Å². The van der Waals surface area contributed by atoms with Crippen LogP contribution < -0.4 is 4.90 Å². The van der Waals surface area contributed by atoms with Crippen LogP contribution in [0.15, 0.2) is 12.4 Å². The highest BCUT2D eigenvalue weighted by Crippen LogP contribution is 2.28.